The van der Waals surface area contributed by atoms with Crippen LogP contribution in [0.5, 0.6) is 0 Å². The van der Waals surface area contributed by atoms with E-state index in [9.17, 15) is 8.42 Å². The first-order chi connectivity index (χ1) is 7.55. The lowest BCUT2D eigenvalue weighted by Gasteiger charge is -1.97. The van der Waals surface area contributed by atoms with Gasteiger partial charge in [0, 0.05) is 23.4 Å². The van der Waals surface area contributed by atoms with Gasteiger partial charge in [0.25, 0.3) is 10.1 Å². The highest BCUT2D eigenvalue weighted by Gasteiger charge is 2.20. The third kappa shape index (κ3) is 1.36. The fraction of sp³-hybridized carbons (Fsp3) is 0.273. The molecule has 0 amide bonds. The number of furan rings is 1. The lowest BCUT2D eigenvalue weighted by Crippen LogP contribution is -1.97. The second-order valence-electron chi connectivity index (χ2n) is 3.99. The van der Waals surface area contributed by atoms with E-state index in [-0.39, 0.29) is 4.90 Å². The van der Waals surface area contributed by atoms with Crippen molar-refractivity contribution in [3.8, 4) is 0 Å². The number of aryl methyl sites for hydroxylation is 2. The monoisotopic (exact) mass is 238 g/mol. The summed E-state index contributed by atoms with van der Waals surface area (Å²) in [7, 11) is -4.15. The Morgan fingerprint density at radius 1 is 1.25 bits per heavy atom. The Bertz CT molecular complexity index is 667. The van der Waals surface area contributed by atoms with E-state index in [1.807, 2.05) is 0 Å². The molecule has 1 heterocycles. The topological polar surface area (TPSA) is 67.5 Å². The van der Waals surface area contributed by atoms with Crippen molar-refractivity contribution in [2.24, 2.45) is 0 Å². The molecule has 5 heteroatoms. The van der Waals surface area contributed by atoms with E-state index in [4.69, 9.17) is 8.97 Å². The maximum atomic E-state index is 11.0. The molecule has 16 heavy (non-hydrogen) atoms. The number of hydrogen-bond donors (Lipinski definition) is 1. The van der Waals surface area contributed by atoms with Crippen molar-refractivity contribution in [1.82, 2.24) is 0 Å². The van der Waals surface area contributed by atoms with Crippen LogP contribution in [0.4, 0.5) is 0 Å². The third-order valence-corrected chi connectivity index (χ3v) is 3.83. The molecule has 2 aromatic rings. The zero-order valence-corrected chi connectivity index (χ0v) is 9.25. The molecule has 0 unspecified atom stereocenters. The molecule has 3 rings (SSSR count). The van der Waals surface area contributed by atoms with Crippen molar-refractivity contribution in [3.05, 3.63) is 29.5 Å². The molecule has 1 aromatic carbocycles. The molecule has 0 saturated carbocycles. The van der Waals surface area contributed by atoms with E-state index in [1.54, 1.807) is 6.07 Å². The molecule has 0 fully saturated rings. The van der Waals surface area contributed by atoms with Gasteiger partial charge in [0.05, 0.1) is 4.90 Å². The van der Waals surface area contributed by atoms with Crippen molar-refractivity contribution in [1.29, 1.82) is 0 Å². The summed E-state index contributed by atoms with van der Waals surface area (Å²) in [6.07, 6.45) is 2.98. The Kier molecular flexibility index (Phi) is 1.90. The number of fused-ring (bicyclic) bond motifs is 3. The van der Waals surface area contributed by atoms with Crippen LogP contribution in [0.25, 0.3) is 11.0 Å². The van der Waals surface area contributed by atoms with Gasteiger partial charge in [-0.15, -0.1) is 0 Å². The Labute approximate surface area is 92.6 Å². The maximum absolute atomic E-state index is 11.0. The fourth-order valence-electron chi connectivity index (χ4n) is 2.24. The molecule has 0 spiro atoms. The minimum absolute atomic E-state index is 0.118. The second kappa shape index (κ2) is 3.09. The predicted molar refractivity (Wildman–Crippen MR) is 58.1 cm³/mol. The Morgan fingerprint density at radius 2 is 2.06 bits per heavy atom. The minimum Gasteiger partial charge on any atom is -0.461 e. The molecule has 1 aliphatic rings. The van der Waals surface area contributed by atoms with Crippen molar-refractivity contribution >= 4 is 21.1 Å². The third-order valence-electron chi connectivity index (χ3n) is 2.98. The highest BCUT2D eigenvalue weighted by Crippen LogP contribution is 2.33. The van der Waals surface area contributed by atoms with Gasteiger partial charge in [-0.25, -0.2) is 0 Å². The van der Waals surface area contributed by atoms with Gasteiger partial charge in [0.1, 0.15) is 11.3 Å². The van der Waals surface area contributed by atoms with Gasteiger partial charge in [0.2, 0.25) is 0 Å². The molecule has 1 N–H and O–H groups in total. The summed E-state index contributed by atoms with van der Waals surface area (Å²) in [4.78, 5) is -0.118. The molecule has 0 saturated heterocycles. The molecule has 4 nitrogen and oxygen atoms in total. The lowest BCUT2D eigenvalue weighted by molar-refractivity contribution is 0.482. The van der Waals surface area contributed by atoms with Crippen LogP contribution >= 0.6 is 0 Å². The van der Waals surface area contributed by atoms with E-state index in [2.05, 4.69) is 0 Å². The van der Waals surface area contributed by atoms with Crippen LogP contribution in [0, 0.1) is 0 Å². The highest BCUT2D eigenvalue weighted by atomic mass is 32.2. The number of hydrogen-bond acceptors (Lipinski definition) is 3. The van der Waals surface area contributed by atoms with Gasteiger partial charge >= 0.3 is 0 Å². The summed E-state index contributed by atoms with van der Waals surface area (Å²) in [5.41, 5.74) is 1.72. The van der Waals surface area contributed by atoms with E-state index in [0.29, 0.717) is 5.58 Å². The molecule has 0 bridgehead atoms. The van der Waals surface area contributed by atoms with E-state index < -0.39 is 10.1 Å². The van der Waals surface area contributed by atoms with Gasteiger partial charge in [-0.2, -0.15) is 8.42 Å². The zero-order valence-electron chi connectivity index (χ0n) is 8.43. The van der Waals surface area contributed by atoms with E-state index in [0.717, 1.165) is 30.4 Å². The van der Waals surface area contributed by atoms with Crippen molar-refractivity contribution in [2.45, 2.75) is 24.2 Å². The van der Waals surface area contributed by atoms with Crippen LogP contribution in [0.1, 0.15) is 17.7 Å². The molecule has 1 aliphatic carbocycles. The first-order valence-corrected chi connectivity index (χ1v) is 6.51. The Hall–Kier alpha value is -1.33. The number of benzene rings is 1. The van der Waals surface area contributed by atoms with Gasteiger partial charge in [0.15, 0.2) is 0 Å². The normalized spacial score (nSPS) is 15.6. The number of rotatable bonds is 1. The predicted octanol–water partition coefficient (Wildman–Crippen LogP) is 2.17. The Morgan fingerprint density at radius 3 is 2.81 bits per heavy atom. The second-order valence-corrected chi connectivity index (χ2v) is 5.41. The van der Waals surface area contributed by atoms with Crippen molar-refractivity contribution in [2.75, 3.05) is 0 Å². The summed E-state index contributed by atoms with van der Waals surface area (Å²) < 4.78 is 36.4. The van der Waals surface area contributed by atoms with Gasteiger partial charge in [-0.3, -0.25) is 4.55 Å². The largest absolute Gasteiger partial charge is 0.461 e. The molecule has 0 aliphatic heterocycles. The van der Waals surface area contributed by atoms with E-state index in [1.165, 1.54) is 17.7 Å². The van der Waals surface area contributed by atoms with Crippen LogP contribution in [0.3, 0.4) is 0 Å². The van der Waals surface area contributed by atoms with Gasteiger partial charge in [-0.1, -0.05) is 0 Å². The minimum atomic E-state index is -4.15. The van der Waals surface area contributed by atoms with Crippen molar-refractivity contribution in [3.63, 3.8) is 0 Å². The smallest absolute Gasteiger partial charge is 0.294 e. The Balaban J connectivity index is 2.28. The standard InChI is InChI=1S/C11H10O4S/c12-16(13,14)7-4-5-9-8-2-1-3-10(8)15-11(9)6-7/h4-6H,1-3H2,(H,12,13,14). The SMILES string of the molecule is O=S(=O)(O)c1ccc2c3c(oc2c1)CCC3. The quantitative estimate of drug-likeness (QED) is 0.773. The maximum Gasteiger partial charge on any atom is 0.294 e. The summed E-state index contributed by atoms with van der Waals surface area (Å²) in [6.45, 7) is 0. The average molecular weight is 238 g/mol. The molecule has 84 valence electrons. The average Bonchev–Trinajstić information content (AvgIpc) is 2.74. The van der Waals surface area contributed by atoms with Crippen LogP contribution < -0.4 is 0 Å². The van der Waals surface area contributed by atoms with E-state index >= 15 is 0 Å². The first kappa shape index (κ1) is 9.86. The molecule has 0 atom stereocenters. The molecule has 0 radical (unpaired) electrons. The van der Waals surface area contributed by atoms with Crippen LogP contribution in [-0.2, 0) is 23.0 Å². The lowest BCUT2D eigenvalue weighted by atomic mass is 10.1. The van der Waals surface area contributed by atoms with Crippen LogP contribution in [0.15, 0.2) is 27.5 Å². The van der Waals surface area contributed by atoms with Crippen LogP contribution in [0.2, 0.25) is 0 Å². The summed E-state index contributed by atoms with van der Waals surface area (Å²) in [6, 6.07) is 4.49. The molecular weight excluding hydrogens is 228 g/mol. The van der Waals surface area contributed by atoms with Crippen molar-refractivity contribution < 1.29 is 17.4 Å². The molecular formula is C11H10O4S. The van der Waals surface area contributed by atoms with Gasteiger partial charge in [-0.05, 0) is 25.0 Å². The van der Waals surface area contributed by atoms with Crippen LogP contribution in [-0.4, -0.2) is 13.0 Å². The highest BCUT2D eigenvalue weighted by molar-refractivity contribution is 7.85. The summed E-state index contributed by atoms with van der Waals surface area (Å²) >= 11 is 0. The fourth-order valence-corrected chi connectivity index (χ4v) is 2.74. The van der Waals surface area contributed by atoms with Gasteiger partial charge < -0.3 is 4.42 Å². The zero-order chi connectivity index (χ0) is 11.3. The molecule has 1 aromatic heterocycles. The summed E-state index contributed by atoms with van der Waals surface area (Å²) in [5.74, 6) is 0.947. The summed E-state index contributed by atoms with van der Waals surface area (Å²) in [5, 5.41) is 0.958. The first-order valence-electron chi connectivity index (χ1n) is 5.07.